The molecule has 0 amide bonds. The lowest BCUT2D eigenvalue weighted by atomic mass is 9.84. The maximum absolute atomic E-state index is 14.3. The molecular formula is C16H16F3N3O2. The number of imidazole rings is 1. The smallest absolute Gasteiger partial charge is 0.356 e. The summed E-state index contributed by atoms with van der Waals surface area (Å²) in [5, 5.41) is 8.82. The van der Waals surface area contributed by atoms with Gasteiger partial charge in [0, 0.05) is 31.2 Å². The van der Waals surface area contributed by atoms with Crippen molar-refractivity contribution in [1.29, 1.82) is 0 Å². The summed E-state index contributed by atoms with van der Waals surface area (Å²) in [4.78, 5) is 18.6. The largest absolute Gasteiger partial charge is 0.476 e. The van der Waals surface area contributed by atoms with Crippen LogP contribution in [0, 0.1) is 5.82 Å². The molecule has 5 nitrogen and oxygen atoms in total. The monoisotopic (exact) mass is 339 g/mol. The van der Waals surface area contributed by atoms with Crippen LogP contribution in [0.15, 0.2) is 24.8 Å². The maximum Gasteiger partial charge on any atom is 0.356 e. The fourth-order valence-corrected chi connectivity index (χ4v) is 2.96. The molecule has 0 bridgehead atoms. The Morgan fingerprint density at radius 2 is 2.04 bits per heavy atom. The molecule has 1 fully saturated rings. The number of carboxylic acids is 1. The van der Waals surface area contributed by atoms with Crippen molar-refractivity contribution in [3.8, 4) is 0 Å². The normalized spacial score (nSPS) is 17.8. The Morgan fingerprint density at radius 1 is 1.33 bits per heavy atom. The van der Waals surface area contributed by atoms with Crippen molar-refractivity contribution in [1.82, 2.24) is 14.5 Å². The van der Waals surface area contributed by atoms with Gasteiger partial charge in [0.25, 0.3) is 0 Å². The van der Waals surface area contributed by atoms with Crippen LogP contribution >= 0.6 is 0 Å². The van der Waals surface area contributed by atoms with Gasteiger partial charge in [0.15, 0.2) is 5.69 Å². The Labute approximate surface area is 136 Å². The molecule has 128 valence electrons. The molecule has 1 saturated carbocycles. The Balaban J connectivity index is 1.71. The molecular weight excluding hydrogens is 323 g/mol. The first-order valence-electron chi connectivity index (χ1n) is 7.61. The van der Waals surface area contributed by atoms with Crippen LogP contribution in [0.5, 0.6) is 0 Å². The fourth-order valence-electron chi connectivity index (χ4n) is 2.96. The molecule has 1 aliphatic rings. The van der Waals surface area contributed by atoms with Gasteiger partial charge in [-0.3, -0.25) is 4.98 Å². The van der Waals surface area contributed by atoms with Crippen LogP contribution < -0.4 is 0 Å². The van der Waals surface area contributed by atoms with E-state index in [4.69, 9.17) is 5.11 Å². The minimum Gasteiger partial charge on any atom is -0.476 e. The van der Waals surface area contributed by atoms with E-state index < -0.39 is 17.7 Å². The standard InChI is InChI=1S/C16H16F3N3O2/c17-12-5-10(7-22-8-13(15(23)24)21-9-22)6-20-14(12)11-1-3-16(18,19)4-2-11/h5-6,8-9,11H,1-4,7H2,(H,23,24). The highest BCUT2D eigenvalue weighted by Crippen LogP contribution is 2.40. The van der Waals surface area contributed by atoms with Crippen molar-refractivity contribution in [3.05, 3.63) is 47.6 Å². The first-order valence-corrected chi connectivity index (χ1v) is 7.61. The molecule has 1 N–H and O–H groups in total. The van der Waals surface area contributed by atoms with Gasteiger partial charge in [0.2, 0.25) is 5.92 Å². The number of carboxylic acid groups (broad SMARTS) is 1. The van der Waals surface area contributed by atoms with Crippen LogP contribution in [-0.4, -0.2) is 31.5 Å². The Morgan fingerprint density at radius 3 is 2.62 bits per heavy atom. The summed E-state index contributed by atoms with van der Waals surface area (Å²) in [5.74, 6) is -4.59. The highest BCUT2D eigenvalue weighted by atomic mass is 19.3. The third-order valence-corrected chi connectivity index (χ3v) is 4.25. The lowest BCUT2D eigenvalue weighted by molar-refractivity contribution is -0.0387. The molecule has 2 aromatic rings. The fraction of sp³-hybridized carbons (Fsp3) is 0.438. The molecule has 2 heterocycles. The summed E-state index contributed by atoms with van der Waals surface area (Å²) in [6.45, 7) is 0.229. The summed E-state index contributed by atoms with van der Waals surface area (Å²) >= 11 is 0. The first kappa shape index (κ1) is 16.5. The second-order valence-corrected chi connectivity index (χ2v) is 6.08. The Hall–Kier alpha value is -2.38. The number of nitrogens with zero attached hydrogens (tertiary/aromatic N) is 3. The number of pyridine rings is 1. The van der Waals surface area contributed by atoms with E-state index in [1.54, 1.807) is 0 Å². The second-order valence-electron chi connectivity index (χ2n) is 6.08. The van der Waals surface area contributed by atoms with Crippen LogP contribution in [0.25, 0.3) is 0 Å². The third-order valence-electron chi connectivity index (χ3n) is 4.25. The molecule has 24 heavy (non-hydrogen) atoms. The van der Waals surface area contributed by atoms with E-state index in [1.165, 1.54) is 29.4 Å². The van der Waals surface area contributed by atoms with Gasteiger partial charge in [-0.25, -0.2) is 22.9 Å². The number of hydrogen-bond acceptors (Lipinski definition) is 3. The number of halogens is 3. The maximum atomic E-state index is 14.3. The minimum absolute atomic E-state index is 0.0943. The van der Waals surface area contributed by atoms with Crippen molar-refractivity contribution >= 4 is 5.97 Å². The summed E-state index contributed by atoms with van der Waals surface area (Å²) in [5.41, 5.74) is 0.681. The molecule has 0 radical (unpaired) electrons. The molecule has 1 aliphatic carbocycles. The minimum atomic E-state index is -2.66. The molecule has 3 rings (SSSR count). The van der Waals surface area contributed by atoms with Crippen molar-refractivity contribution in [3.63, 3.8) is 0 Å². The van der Waals surface area contributed by atoms with Gasteiger partial charge in [-0.2, -0.15) is 0 Å². The average Bonchev–Trinajstić information content (AvgIpc) is 2.97. The highest BCUT2D eigenvalue weighted by molar-refractivity contribution is 5.84. The van der Waals surface area contributed by atoms with E-state index >= 15 is 0 Å². The van der Waals surface area contributed by atoms with Crippen molar-refractivity contribution in [2.75, 3.05) is 0 Å². The van der Waals surface area contributed by atoms with E-state index in [1.807, 2.05) is 0 Å². The lowest BCUT2D eigenvalue weighted by Crippen LogP contribution is -2.24. The van der Waals surface area contributed by atoms with E-state index in [-0.39, 0.29) is 49.5 Å². The zero-order chi connectivity index (χ0) is 17.3. The molecule has 0 saturated heterocycles. The molecule has 0 aromatic carbocycles. The first-order chi connectivity index (χ1) is 11.3. The van der Waals surface area contributed by atoms with Gasteiger partial charge < -0.3 is 9.67 Å². The van der Waals surface area contributed by atoms with Crippen molar-refractivity contribution in [2.45, 2.75) is 44.1 Å². The van der Waals surface area contributed by atoms with Gasteiger partial charge >= 0.3 is 5.97 Å². The zero-order valence-electron chi connectivity index (χ0n) is 12.8. The van der Waals surface area contributed by atoms with E-state index in [2.05, 4.69) is 9.97 Å². The topological polar surface area (TPSA) is 68.0 Å². The average molecular weight is 339 g/mol. The molecule has 0 atom stereocenters. The highest BCUT2D eigenvalue weighted by Gasteiger charge is 2.36. The van der Waals surface area contributed by atoms with Crippen LogP contribution in [0.4, 0.5) is 13.2 Å². The van der Waals surface area contributed by atoms with Crippen LogP contribution in [0.1, 0.15) is 53.3 Å². The van der Waals surface area contributed by atoms with Crippen molar-refractivity contribution < 1.29 is 23.1 Å². The quantitative estimate of drug-likeness (QED) is 0.926. The number of alkyl halides is 2. The number of hydrogen-bond donors (Lipinski definition) is 1. The SMILES string of the molecule is O=C(O)c1cn(Cc2cnc(C3CCC(F)(F)CC3)c(F)c2)cn1. The van der Waals surface area contributed by atoms with Gasteiger partial charge in [0.1, 0.15) is 5.82 Å². The lowest BCUT2D eigenvalue weighted by Gasteiger charge is -2.28. The predicted molar refractivity (Wildman–Crippen MR) is 78.6 cm³/mol. The number of aromatic nitrogens is 3. The van der Waals surface area contributed by atoms with Gasteiger partial charge in [-0.15, -0.1) is 0 Å². The third kappa shape index (κ3) is 3.58. The Bertz CT molecular complexity index is 751. The van der Waals surface area contributed by atoms with Crippen LogP contribution in [0.3, 0.4) is 0 Å². The number of aromatic carboxylic acids is 1. The molecule has 0 aliphatic heterocycles. The van der Waals surface area contributed by atoms with Crippen LogP contribution in [-0.2, 0) is 6.54 Å². The van der Waals surface area contributed by atoms with E-state index in [0.29, 0.717) is 5.56 Å². The summed E-state index contributed by atoms with van der Waals surface area (Å²) in [7, 11) is 0. The summed E-state index contributed by atoms with van der Waals surface area (Å²) in [6.07, 6.45) is 4.14. The van der Waals surface area contributed by atoms with Gasteiger partial charge in [0.05, 0.1) is 18.6 Å². The molecule has 0 spiro atoms. The van der Waals surface area contributed by atoms with E-state index in [0.717, 1.165) is 0 Å². The second kappa shape index (κ2) is 6.26. The molecule has 8 heteroatoms. The summed E-state index contributed by atoms with van der Waals surface area (Å²) < 4.78 is 42.2. The Kier molecular flexibility index (Phi) is 4.29. The van der Waals surface area contributed by atoms with Gasteiger partial charge in [-0.1, -0.05) is 0 Å². The molecule has 0 unspecified atom stereocenters. The van der Waals surface area contributed by atoms with E-state index in [9.17, 15) is 18.0 Å². The van der Waals surface area contributed by atoms with Gasteiger partial charge in [-0.05, 0) is 24.5 Å². The zero-order valence-corrected chi connectivity index (χ0v) is 12.8. The summed E-state index contributed by atoms with van der Waals surface area (Å²) in [6, 6.07) is 1.32. The van der Waals surface area contributed by atoms with Crippen LogP contribution in [0.2, 0.25) is 0 Å². The number of carbonyl (C=O) groups is 1. The molecule has 2 aromatic heterocycles. The number of rotatable bonds is 4. The predicted octanol–water partition coefficient (Wildman–Crippen LogP) is 3.46. The van der Waals surface area contributed by atoms with Crippen molar-refractivity contribution in [2.24, 2.45) is 0 Å².